The smallest absolute Gasteiger partial charge is 0.251 e. The predicted molar refractivity (Wildman–Crippen MR) is 108 cm³/mol. The summed E-state index contributed by atoms with van der Waals surface area (Å²) >= 11 is 0. The average Bonchev–Trinajstić information content (AvgIpc) is 3.16. The monoisotopic (exact) mass is 371 g/mol. The number of benzene rings is 2. The minimum absolute atomic E-state index is 0.0729. The standard InChI is InChI=1S/C23H21N3O2/c1-17(18-8-3-2-4-9-18)24-23(27)19-10-7-11-21(14-19)28-16-20-15-26-13-6-5-12-22(26)25-20/h2-15,17H,16H2,1H3,(H,24,27). The van der Waals surface area contributed by atoms with E-state index in [2.05, 4.69) is 10.3 Å². The minimum Gasteiger partial charge on any atom is -0.487 e. The molecule has 1 N–H and O–H groups in total. The second-order valence-corrected chi connectivity index (χ2v) is 6.62. The third-order valence-electron chi connectivity index (χ3n) is 4.54. The molecule has 1 unspecified atom stereocenters. The van der Waals surface area contributed by atoms with Gasteiger partial charge in [-0.05, 0) is 42.8 Å². The van der Waals surface area contributed by atoms with Gasteiger partial charge in [0.15, 0.2) is 0 Å². The van der Waals surface area contributed by atoms with Crippen LogP contribution in [-0.2, 0) is 6.61 Å². The Morgan fingerprint density at radius 2 is 1.89 bits per heavy atom. The molecule has 5 heteroatoms. The van der Waals surface area contributed by atoms with Crippen molar-refractivity contribution in [3.8, 4) is 5.75 Å². The number of carbonyl (C=O) groups excluding carboxylic acids is 1. The van der Waals surface area contributed by atoms with Crippen molar-refractivity contribution in [1.82, 2.24) is 14.7 Å². The van der Waals surface area contributed by atoms with Gasteiger partial charge in [0.1, 0.15) is 18.0 Å². The van der Waals surface area contributed by atoms with Crippen molar-refractivity contribution in [2.24, 2.45) is 0 Å². The average molecular weight is 371 g/mol. The van der Waals surface area contributed by atoms with Crippen LogP contribution in [0.4, 0.5) is 0 Å². The number of hydrogen-bond acceptors (Lipinski definition) is 3. The molecule has 0 aliphatic heterocycles. The Morgan fingerprint density at radius 1 is 1.07 bits per heavy atom. The summed E-state index contributed by atoms with van der Waals surface area (Å²) in [6.45, 7) is 2.31. The van der Waals surface area contributed by atoms with E-state index in [0.29, 0.717) is 17.9 Å². The van der Waals surface area contributed by atoms with E-state index in [1.165, 1.54) is 0 Å². The summed E-state index contributed by atoms with van der Waals surface area (Å²) in [5, 5.41) is 3.02. The number of pyridine rings is 1. The van der Waals surface area contributed by atoms with Gasteiger partial charge in [0.25, 0.3) is 5.91 Å². The lowest BCUT2D eigenvalue weighted by molar-refractivity contribution is 0.0939. The lowest BCUT2D eigenvalue weighted by atomic mass is 10.1. The molecule has 140 valence electrons. The van der Waals surface area contributed by atoms with E-state index in [1.54, 1.807) is 12.1 Å². The SMILES string of the molecule is CC(NC(=O)c1cccc(OCc2cn3ccccc3n2)c1)c1ccccc1. The fraction of sp³-hybridized carbons (Fsp3) is 0.130. The minimum atomic E-state index is -0.130. The first kappa shape index (κ1) is 17.8. The molecule has 0 bridgehead atoms. The first-order valence-electron chi connectivity index (χ1n) is 9.20. The Morgan fingerprint density at radius 3 is 2.71 bits per heavy atom. The summed E-state index contributed by atoms with van der Waals surface area (Å²) < 4.78 is 7.80. The molecule has 4 rings (SSSR count). The summed E-state index contributed by atoms with van der Waals surface area (Å²) in [6.07, 6.45) is 3.89. The van der Waals surface area contributed by atoms with Crippen molar-refractivity contribution < 1.29 is 9.53 Å². The van der Waals surface area contributed by atoms with Gasteiger partial charge in [0.05, 0.1) is 11.7 Å². The van der Waals surface area contributed by atoms with Crippen LogP contribution < -0.4 is 10.1 Å². The molecule has 0 aliphatic carbocycles. The van der Waals surface area contributed by atoms with Gasteiger partial charge in [-0.3, -0.25) is 4.79 Å². The number of carbonyl (C=O) groups is 1. The van der Waals surface area contributed by atoms with E-state index in [0.717, 1.165) is 16.9 Å². The number of ether oxygens (including phenoxy) is 1. The number of fused-ring (bicyclic) bond motifs is 1. The molecule has 0 radical (unpaired) electrons. The van der Waals surface area contributed by atoms with Crippen LogP contribution in [0.5, 0.6) is 5.75 Å². The van der Waals surface area contributed by atoms with E-state index >= 15 is 0 Å². The molecule has 0 aliphatic rings. The van der Waals surface area contributed by atoms with E-state index < -0.39 is 0 Å². The molecule has 0 saturated carbocycles. The number of rotatable bonds is 6. The van der Waals surface area contributed by atoms with Crippen molar-refractivity contribution in [3.63, 3.8) is 0 Å². The molecule has 0 spiro atoms. The maximum absolute atomic E-state index is 12.6. The number of imidazole rings is 1. The van der Waals surface area contributed by atoms with Crippen LogP contribution in [0.3, 0.4) is 0 Å². The lowest BCUT2D eigenvalue weighted by Crippen LogP contribution is -2.26. The molecule has 2 aromatic carbocycles. The number of hydrogen-bond donors (Lipinski definition) is 1. The van der Waals surface area contributed by atoms with Crippen LogP contribution in [-0.4, -0.2) is 15.3 Å². The van der Waals surface area contributed by atoms with Crippen LogP contribution >= 0.6 is 0 Å². The Labute approximate surface area is 163 Å². The molecule has 2 heterocycles. The second kappa shape index (κ2) is 7.96. The van der Waals surface area contributed by atoms with Crippen LogP contribution in [0.2, 0.25) is 0 Å². The summed E-state index contributed by atoms with van der Waals surface area (Å²) in [5.74, 6) is 0.506. The normalized spacial score (nSPS) is 11.9. The molecule has 5 nitrogen and oxygen atoms in total. The summed E-state index contributed by atoms with van der Waals surface area (Å²) in [4.78, 5) is 17.1. The first-order chi connectivity index (χ1) is 13.7. The van der Waals surface area contributed by atoms with Gasteiger partial charge in [-0.1, -0.05) is 42.5 Å². The highest BCUT2D eigenvalue weighted by Crippen LogP contribution is 2.17. The number of aromatic nitrogens is 2. The third kappa shape index (κ3) is 4.04. The highest BCUT2D eigenvalue weighted by molar-refractivity contribution is 5.94. The summed E-state index contributed by atoms with van der Waals surface area (Å²) in [5.41, 5.74) is 3.34. The number of nitrogens with one attached hydrogen (secondary N) is 1. The van der Waals surface area contributed by atoms with Crippen LogP contribution in [0.15, 0.2) is 85.2 Å². The lowest BCUT2D eigenvalue weighted by Gasteiger charge is -2.14. The number of nitrogens with zero attached hydrogens (tertiary/aromatic N) is 2. The molecule has 0 saturated heterocycles. The van der Waals surface area contributed by atoms with Crippen molar-refractivity contribution in [1.29, 1.82) is 0 Å². The highest BCUT2D eigenvalue weighted by Gasteiger charge is 2.12. The Bertz CT molecular complexity index is 1060. The molecule has 4 aromatic rings. The molecular weight excluding hydrogens is 350 g/mol. The largest absolute Gasteiger partial charge is 0.487 e. The molecule has 0 fully saturated rings. The molecule has 1 atom stereocenters. The van der Waals surface area contributed by atoms with Gasteiger partial charge in [-0.15, -0.1) is 0 Å². The topological polar surface area (TPSA) is 55.6 Å². The Hall–Kier alpha value is -3.60. The summed E-state index contributed by atoms with van der Waals surface area (Å²) in [7, 11) is 0. The first-order valence-corrected chi connectivity index (χ1v) is 9.20. The van der Waals surface area contributed by atoms with Gasteiger partial charge >= 0.3 is 0 Å². The molecular formula is C23H21N3O2. The fourth-order valence-corrected chi connectivity index (χ4v) is 3.05. The van der Waals surface area contributed by atoms with Crippen LogP contribution in [0.1, 0.15) is 34.6 Å². The quantitative estimate of drug-likeness (QED) is 0.546. The van der Waals surface area contributed by atoms with E-state index in [9.17, 15) is 4.79 Å². The molecule has 1 amide bonds. The molecule has 28 heavy (non-hydrogen) atoms. The zero-order valence-corrected chi connectivity index (χ0v) is 15.6. The maximum Gasteiger partial charge on any atom is 0.251 e. The van der Waals surface area contributed by atoms with Crippen molar-refractivity contribution in [2.75, 3.05) is 0 Å². The Kier molecular flexibility index (Phi) is 5.06. The third-order valence-corrected chi connectivity index (χ3v) is 4.54. The zero-order valence-electron chi connectivity index (χ0n) is 15.6. The van der Waals surface area contributed by atoms with Crippen molar-refractivity contribution in [3.05, 3.63) is 102 Å². The summed E-state index contributed by atoms with van der Waals surface area (Å²) in [6, 6.07) is 22.9. The van der Waals surface area contributed by atoms with Gasteiger partial charge in [0, 0.05) is 18.0 Å². The van der Waals surface area contributed by atoms with Gasteiger partial charge in [-0.25, -0.2) is 4.98 Å². The van der Waals surface area contributed by atoms with Crippen molar-refractivity contribution >= 4 is 11.6 Å². The van der Waals surface area contributed by atoms with Crippen LogP contribution in [0.25, 0.3) is 5.65 Å². The fourth-order valence-electron chi connectivity index (χ4n) is 3.05. The second-order valence-electron chi connectivity index (χ2n) is 6.62. The van der Waals surface area contributed by atoms with Crippen molar-refractivity contribution in [2.45, 2.75) is 19.6 Å². The van der Waals surface area contributed by atoms with Gasteiger partial charge in [-0.2, -0.15) is 0 Å². The highest BCUT2D eigenvalue weighted by atomic mass is 16.5. The predicted octanol–water partition coefficient (Wildman–Crippen LogP) is 4.40. The molecule has 2 aromatic heterocycles. The maximum atomic E-state index is 12.6. The van der Waals surface area contributed by atoms with E-state index in [4.69, 9.17) is 4.74 Å². The van der Waals surface area contributed by atoms with Crippen LogP contribution in [0, 0.1) is 0 Å². The van der Waals surface area contributed by atoms with E-state index in [-0.39, 0.29) is 11.9 Å². The number of amides is 1. The Balaban J connectivity index is 1.41. The zero-order chi connectivity index (χ0) is 19.3. The van der Waals surface area contributed by atoms with E-state index in [1.807, 2.05) is 84.4 Å². The van der Waals surface area contributed by atoms with Gasteiger partial charge in [0.2, 0.25) is 0 Å². The van der Waals surface area contributed by atoms with Gasteiger partial charge < -0.3 is 14.5 Å².